The van der Waals surface area contributed by atoms with Crippen LogP contribution in [0.15, 0.2) is 30.4 Å². The predicted octanol–water partition coefficient (Wildman–Crippen LogP) is 1.91. The summed E-state index contributed by atoms with van der Waals surface area (Å²) in [4.78, 5) is 62.8. The third-order valence-electron chi connectivity index (χ3n) is 4.21. The van der Waals surface area contributed by atoms with Crippen LogP contribution in [0.5, 0.6) is 0 Å². The molecule has 10 heteroatoms. The molecule has 2 N–H and O–H groups in total. The van der Waals surface area contributed by atoms with Gasteiger partial charge in [-0.3, -0.25) is 14.4 Å². The molecule has 1 unspecified atom stereocenters. The Morgan fingerprint density at radius 2 is 1.90 bits per heavy atom. The normalized spacial score (nSPS) is 16.1. The van der Waals surface area contributed by atoms with Crippen LogP contribution in [-0.4, -0.2) is 53.2 Å². The first-order chi connectivity index (χ1) is 13.4. The number of hydrogen-bond donors (Lipinski definition) is 2. The minimum atomic E-state index is -1.79. The van der Waals surface area contributed by atoms with Gasteiger partial charge in [-0.05, 0) is 44.5 Å². The Hall–Kier alpha value is -3.20. The van der Waals surface area contributed by atoms with E-state index in [4.69, 9.17) is 11.6 Å². The maximum atomic E-state index is 12.9. The number of halogens is 1. The van der Waals surface area contributed by atoms with E-state index in [0.29, 0.717) is 4.90 Å². The minimum absolute atomic E-state index is 0.00500. The Kier molecular flexibility index (Phi) is 6.13. The first-order valence-electron chi connectivity index (χ1n) is 8.45. The van der Waals surface area contributed by atoms with E-state index in [-0.39, 0.29) is 21.8 Å². The van der Waals surface area contributed by atoms with Crippen molar-refractivity contribution in [3.63, 3.8) is 0 Å². The molecule has 2 rings (SSSR count). The van der Waals surface area contributed by atoms with Gasteiger partial charge < -0.3 is 15.4 Å². The average Bonchev–Trinajstić information content (AvgIpc) is 2.84. The zero-order chi connectivity index (χ0) is 22.1. The molecule has 0 saturated carbocycles. The third kappa shape index (κ3) is 4.29. The lowest BCUT2D eigenvalue weighted by atomic mass is 10.0. The predicted molar refractivity (Wildman–Crippen MR) is 104 cm³/mol. The van der Waals surface area contributed by atoms with E-state index in [1.807, 2.05) is 0 Å². The fraction of sp³-hybridized carbons (Fsp3) is 0.316. The number of imide groups is 1. The molecule has 1 aromatic rings. The zero-order valence-electron chi connectivity index (χ0n) is 16.3. The second-order valence-electron chi connectivity index (χ2n) is 6.95. The van der Waals surface area contributed by atoms with Gasteiger partial charge in [0, 0.05) is 0 Å². The van der Waals surface area contributed by atoms with Crippen LogP contribution in [0.4, 0.5) is 10.5 Å². The summed E-state index contributed by atoms with van der Waals surface area (Å²) < 4.78 is 4.62. The fourth-order valence-corrected chi connectivity index (χ4v) is 2.83. The Bertz CT molecular complexity index is 940. The summed E-state index contributed by atoms with van der Waals surface area (Å²) >= 11 is 6.07. The van der Waals surface area contributed by atoms with E-state index >= 15 is 0 Å². The smallest absolute Gasteiger partial charge is 0.337 e. The molecule has 1 aromatic carbocycles. The number of urea groups is 1. The van der Waals surface area contributed by atoms with Gasteiger partial charge >= 0.3 is 12.0 Å². The SMILES string of the molecule is C=C(C)C(=O)C(C(=O)Nc1cc(C(=O)OC)ccc1Cl)N1C(=O)NC(C)(C)C1=O. The summed E-state index contributed by atoms with van der Waals surface area (Å²) in [5.41, 5.74) is -1.20. The van der Waals surface area contributed by atoms with Crippen LogP contribution in [0, 0.1) is 0 Å². The second kappa shape index (κ2) is 8.04. The van der Waals surface area contributed by atoms with Crippen molar-refractivity contribution in [3.8, 4) is 0 Å². The quantitative estimate of drug-likeness (QED) is 0.313. The third-order valence-corrected chi connectivity index (χ3v) is 4.54. The number of amides is 4. The van der Waals surface area contributed by atoms with Crippen molar-refractivity contribution < 1.29 is 28.7 Å². The molecule has 0 spiro atoms. The molecular weight excluding hydrogens is 402 g/mol. The number of anilines is 1. The van der Waals surface area contributed by atoms with Gasteiger partial charge in [-0.25, -0.2) is 14.5 Å². The van der Waals surface area contributed by atoms with E-state index in [2.05, 4.69) is 21.9 Å². The minimum Gasteiger partial charge on any atom is -0.465 e. The molecule has 1 fully saturated rings. The van der Waals surface area contributed by atoms with Crippen LogP contribution in [0.25, 0.3) is 0 Å². The number of carbonyl (C=O) groups is 5. The molecule has 1 atom stereocenters. The first-order valence-corrected chi connectivity index (χ1v) is 8.82. The maximum Gasteiger partial charge on any atom is 0.337 e. The highest BCUT2D eigenvalue weighted by atomic mass is 35.5. The van der Waals surface area contributed by atoms with E-state index in [0.717, 1.165) is 0 Å². The lowest BCUT2D eigenvalue weighted by Crippen LogP contribution is -2.53. The van der Waals surface area contributed by atoms with Gasteiger partial charge in [0.2, 0.25) is 0 Å². The Labute approximate surface area is 172 Å². The summed E-state index contributed by atoms with van der Waals surface area (Å²) in [6.07, 6.45) is 0. The number of ketones is 1. The van der Waals surface area contributed by atoms with E-state index in [1.54, 1.807) is 0 Å². The van der Waals surface area contributed by atoms with Crippen LogP contribution >= 0.6 is 11.6 Å². The van der Waals surface area contributed by atoms with Gasteiger partial charge in [-0.1, -0.05) is 18.2 Å². The van der Waals surface area contributed by atoms with Crippen LogP contribution < -0.4 is 10.6 Å². The maximum absolute atomic E-state index is 12.9. The van der Waals surface area contributed by atoms with Crippen molar-refractivity contribution in [3.05, 3.63) is 40.9 Å². The zero-order valence-corrected chi connectivity index (χ0v) is 17.0. The first kappa shape index (κ1) is 22.1. The number of nitrogens with one attached hydrogen (secondary N) is 2. The molecule has 154 valence electrons. The number of rotatable bonds is 6. The monoisotopic (exact) mass is 421 g/mol. The standard InChI is InChI=1S/C19H20ClN3O6/c1-9(2)14(24)13(23-17(27)19(3,4)22-18(23)28)15(25)21-12-8-10(16(26)29-5)6-7-11(12)20/h6-8,13H,1H2,2-5H3,(H,21,25)(H,22,28). The molecular formula is C19H20ClN3O6. The van der Waals surface area contributed by atoms with Gasteiger partial charge in [-0.2, -0.15) is 0 Å². The molecule has 1 heterocycles. The Morgan fingerprint density at radius 3 is 2.38 bits per heavy atom. The van der Waals surface area contributed by atoms with Gasteiger partial charge in [0.15, 0.2) is 11.8 Å². The van der Waals surface area contributed by atoms with E-state index in [9.17, 15) is 24.0 Å². The Morgan fingerprint density at radius 1 is 1.28 bits per heavy atom. The number of ether oxygens (including phenoxy) is 1. The largest absolute Gasteiger partial charge is 0.465 e. The Balaban J connectivity index is 2.44. The molecule has 1 aliphatic rings. The number of benzene rings is 1. The lowest BCUT2D eigenvalue weighted by Gasteiger charge is -2.24. The van der Waals surface area contributed by atoms with Crippen molar-refractivity contribution in [1.82, 2.24) is 10.2 Å². The van der Waals surface area contributed by atoms with Gasteiger partial charge in [0.1, 0.15) is 5.54 Å². The summed E-state index contributed by atoms with van der Waals surface area (Å²) in [5.74, 6) is -3.21. The molecule has 0 aromatic heterocycles. The van der Waals surface area contributed by atoms with Crippen molar-refractivity contribution in [1.29, 1.82) is 0 Å². The molecule has 9 nitrogen and oxygen atoms in total. The number of hydrogen-bond acceptors (Lipinski definition) is 6. The van der Waals surface area contributed by atoms with E-state index < -0.39 is 41.2 Å². The topological polar surface area (TPSA) is 122 Å². The number of carbonyl (C=O) groups excluding carboxylic acids is 5. The highest BCUT2D eigenvalue weighted by Crippen LogP contribution is 2.26. The number of methoxy groups -OCH3 is 1. The van der Waals surface area contributed by atoms with Gasteiger partial charge in [0.05, 0.1) is 23.4 Å². The molecule has 0 bridgehead atoms. The van der Waals surface area contributed by atoms with Crippen LogP contribution in [0.3, 0.4) is 0 Å². The average molecular weight is 422 g/mol. The van der Waals surface area contributed by atoms with Crippen molar-refractivity contribution >= 4 is 46.9 Å². The fourth-order valence-electron chi connectivity index (χ4n) is 2.66. The number of esters is 1. The van der Waals surface area contributed by atoms with Crippen molar-refractivity contribution in [2.24, 2.45) is 0 Å². The number of Topliss-reactive ketones (excluding diaryl/α,β-unsaturated/α-hetero) is 1. The van der Waals surface area contributed by atoms with Crippen LogP contribution in [0.1, 0.15) is 31.1 Å². The van der Waals surface area contributed by atoms with Gasteiger partial charge in [-0.15, -0.1) is 0 Å². The van der Waals surface area contributed by atoms with Gasteiger partial charge in [0.25, 0.3) is 11.8 Å². The van der Waals surface area contributed by atoms with Crippen LogP contribution in [-0.2, 0) is 19.1 Å². The molecule has 1 saturated heterocycles. The molecule has 0 radical (unpaired) electrons. The molecule has 0 aliphatic carbocycles. The van der Waals surface area contributed by atoms with Crippen LogP contribution in [0.2, 0.25) is 5.02 Å². The highest BCUT2D eigenvalue weighted by Gasteiger charge is 2.51. The summed E-state index contributed by atoms with van der Waals surface area (Å²) in [6.45, 7) is 7.76. The number of nitrogens with zero attached hydrogens (tertiary/aromatic N) is 1. The second-order valence-corrected chi connectivity index (χ2v) is 7.36. The van der Waals surface area contributed by atoms with Crippen molar-refractivity contribution in [2.75, 3.05) is 12.4 Å². The highest BCUT2D eigenvalue weighted by molar-refractivity contribution is 6.34. The lowest BCUT2D eigenvalue weighted by molar-refractivity contribution is -0.140. The molecule has 29 heavy (non-hydrogen) atoms. The molecule has 4 amide bonds. The summed E-state index contributed by atoms with van der Waals surface area (Å²) in [7, 11) is 1.19. The summed E-state index contributed by atoms with van der Waals surface area (Å²) in [6, 6.07) is 1.32. The summed E-state index contributed by atoms with van der Waals surface area (Å²) in [5, 5.41) is 4.89. The van der Waals surface area contributed by atoms with Crippen molar-refractivity contribution in [2.45, 2.75) is 32.4 Å². The molecule has 1 aliphatic heterocycles. The van der Waals surface area contributed by atoms with E-state index in [1.165, 1.54) is 46.1 Å².